The molecule has 7 nitrogen and oxygen atoms in total. The summed E-state index contributed by atoms with van der Waals surface area (Å²) < 4.78 is 1.72. The normalized spacial score (nSPS) is 14.5. The van der Waals surface area contributed by atoms with Crippen LogP contribution in [-0.4, -0.2) is 25.7 Å². The summed E-state index contributed by atoms with van der Waals surface area (Å²) in [7, 11) is 0. The molecule has 1 aliphatic rings. The number of aromatic nitrogens is 4. The Bertz CT molecular complexity index is 932. The number of hydrogen-bond acceptors (Lipinski definition) is 5. The maximum absolute atomic E-state index is 11.9. The summed E-state index contributed by atoms with van der Waals surface area (Å²) in [6.45, 7) is 4.57. The zero-order valence-electron chi connectivity index (χ0n) is 13.6. The van der Waals surface area contributed by atoms with Crippen molar-refractivity contribution in [3.63, 3.8) is 0 Å². The molecule has 122 valence electrons. The zero-order valence-corrected chi connectivity index (χ0v) is 13.6. The molecule has 1 atom stereocenters. The molecular formula is C17H18N6O. The fourth-order valence-electron chi connectivity index (χ4n) is 3.16. The molecule has 0 aliphatic carbocycles. The van der Waals surface area contributed by atoms with Crippen molar-refractivity contribution in [3.05, 3.63) is 52.8 Å². The molecule has 1 aliphatic heterocycles. The number of anilines is 1. The molecule has 7 heteroatoms. The smallest absolute Gasteiger partial charge is 0.251 e. The summed E-state index contributed by atoms with van der Waals surface area (Å²) in [4.78, 5) is 11.9. The van der Waals surface area contributed by atoms with Crippen LogP contribution >= 0.6 is 0 Å². The topological polar surface area (TPSA) is 84.2 Å². The maximum atomic E-state index is 11.9. The number of benzene rings is 1. The largest absolute Gasteiger partial charge is 0.362 e. The highest BCUT2D eigenvalue weighted by Gasteiger charge is 2.24. The molecule has 1 unspecified atom stereocenters. The first-order valence-electron chi connectivity index (χ1n) is 8.03. The first kappa shape index (κ1) is 14.6. The van der Waals surface area contributed by atoms with E-state index in [0.29, 0.717) is 6.54 Å². The van der Waals surface area contributed by atoms with Gasteiger partial charge in [0.25, 0.3) is 5.91 Å². The highest BCUT2D eigenvalue weighted by molar-refractivity contribution is 5.98. The van der Waals surface area contributed by atoms with Crippen LogP contribution in [0.3, 0.4) is 0 Å². The molecule has 0 bridgehead atoms. The van der Waals surface area contributed by atoms with Crippen molar-refractivity contribution in [1.82, 2.24) is 25.1 Å². The third kappa shape index (κ3) is 2.29. The average Bonchev–Trinajstić information content (AvgIpc) is 3.16. The Balaban J connectivity index is 1.69. The number of nitrogens with one attached hydrogen (secondary N) is 2. The third-order valence-corrected chi connectivity index (χ3v) is 4.41. The number of rotatable bonds is 4. The molecule has 2 N–H and O–H groups in total. The van der Waals surface area contributed by atoms with E-state index in [0.717, 1.165) is 40.4 Å². The van der Waals surface area contributed by atoms with E-state index < -0.39 is 0 Å². The molecule has 0 spiro atoms. The predicted octanol–water partition coefficient (Wildman–Crippen LogP) is 2.24. The summed E-state index contributed by atoms with van der Waals surface area (Å²) in [5.41, 5.74) is 3.70. The van der Waals surface area contributed by atoms with Gasteiger partial charge in [0.2, 0.25) is 0 Å². The Morgan fingerprint density at radius 3 is 3.00 bits per heavy atom. The quantitative estimate of drug-likeness (QED) is 0.769. The van der Waals surface area contributed by atoms with Gasteiger partial charge in [0.05, 0.1) is 6.04 Å². The SMILES string of the molecule is CCC(Nc1ccc2nnc(C)n2n1)c1cccc2c1CNC2=O. The van der Waals surface area contributed by atoms with E-state index in [-0.39, 0.29) is 11.9 Å². The van der Waals surface area contributed by atoms with Crippen LogP contribution in [0.15, 0.2) is 30.3 Å². The summed E-state index contributed by atoms with van der Waals surface area (Å²) in [5.74, 6) is 1.51. The van der Waals surface area contributed by atoms with Crippen molar-refractivity contribution in [2.45, 2.75) is 32.9 Å². The molecule has 1 amide bonds. The van der Waals surface area contributed by atoms with E-state index in [1.54, 1.807) is 4.52 Å². The van der Waals surface area contributed by atoms with Crippen LogP contribution in [0.2, 0.25) is 0 Å². The van der Waals surface area contributed by atoms with Gasteiger partial charge in [0, 0.05) is 12.1 Å². The highest BCUT2D eigenvalue weighted by Crippen LogP contribution is 2.29. The predicted molar refractivity (Wildman–Crippen MR) is 89.8 cm³/mol. The van der Waals surface area contributed by atoms with E-state index in [2.05, 4.69) is 38.9 Å². The lowest BCUT2D eigenvalue weighted by Gasteiger charge is -2.20. The van der Waals surface area contributed by atoms with Crippen LogP contribution in [0.5, 0.6) is 0 Å². The molecule has 3 aromatic rings. The summed E-state index contributed by atoms with van der Waals surface area (Å²) in [6, 6.07) is 9.75. The molecule has 2 aromatic heterocycles. The van der Waals surface area contributed by atoms with Crippen molar-refractivity contribution >= 4 is 17.4 Å². The fourth-order valence-corrected chi connectivity index (χ4v) is 3.16. The van der Waals surface area contributed by atoms with Crippen LogP contribution in [0.4, 0.5) is 5.82 Å². The van der Waals surface area contributed by atoms with Gasteiger partial charge < -0.3 is 10.6 Å². The number of carbonyl (C=O) groups excluding carboxylic acids is 1. The second-order valence-electron chi connectivity index (χ2n) is 5.90. The Hall–Kier alpha value is -2.96. The van der Waals surface area contributed by atoms with Crippen LogP contribution < -0.4 is 10.6 Å². The Kier molecular flexibility index (Phi) is 3.41. The lowest BCUT2D eigenvalue weighted by molar-refractivity contribution is 0.0966. The van der Waals surface area contributed by atoms with Gasteiger partial charge in [-0.05, 0) is 42.7 Å². The Morgan fingerprint density at radius 1 is 1.29 bits per heavy atom. The van der Waals surface area contributed by atoms with Gasteiger partial charge in [0.15, 0.2) is 11.5 Å². The number of aryl methyl sites for hydroxylation is 1. The number of carbonyl (C=O) groups is 1. The summed E-state index contributed by atoms with van der Waals surface area (Å²) >= 11 is 0. The van der Waals surface area contributed by atoms with Gasteiger partial charge in [-0.25, -0.2) is 0 Å². The van der Waals surface area contributed by atoms with E-state index in [1.807, 2.05) is 31.2 Å². The van der Waals surface area contributed by atoms with Crippen molar-refractivity contribution in [2.75, 3.05) is 5.32 Å². The molecule has 4 rings (SSSR count). The zero-order chi connectivity index (χ0) is 16.7. The lowest BCUT2D eigenvalue weighted by Crippen LogP contribution is -2.14. The van der Waals surface area contributed by atoms with Crippen LogP contribution in [0, 0.1) is 6.92 Å². The average molecular weight is 322 g/mol. The number of amides is 1. The maximum Gasteiger partial charge on any atom is 0.251 e. The second-order valence-corrected chi connectivity index (χ2v) is 5.90. The monoisotopic (exact) mass is 322 g/mol. The Morgan fingerprint density at radius 2 is 2.17 bits per heavy atom. The molecule has 0 saturated carbocycles. The summed E-state index contributed by atoms with van der Waals surface area (Å²) in [5, 5.41) is 19.0. The third-order valence-electron chi connectivity index (χ3n) is 4.41. The highest BCUT2D eigenvalue weighted by atomic mass is 16.1. The van der Waals surface area contributed by atoms with E-state index in [1.165, 1.54) is 0 Å². The minimum Gasteiger partial charge on any atom is -0.362 e. The minimum atomic E-state index is 0.00126. The molecule has 1 aromatic carbocycles. The van der Waals surface area contributed by atoms with Gasteiger partial charge in [-0.15, -0.1) is 15.3 Å². The first-order chi connectivity index (χ1) is 11.7. The summed E-state index contributed by atoms with van der Waals surface area (Å²) in [6.07, 6.45) is 0.880. The van der Waals surface area contributed by atoms with Crippen LogP contribution in [0.1, 0.15) is 46.7 Å². The molecule has 0 fully saturated rings. The number of fused-ring (bicyclic) bond motifs is 2. The van der Waals surface area contributed by atoms with Crippen molar-refractivity contribution in [1.29, 1.82) is 0 Å². The van der Waals surface area contributed by atoms with Crippen molar-refractivity contribution in [3.8, 4) is 0 Å². The molecule has 24 heavy (non-hydrogen) atoms. The first-order valence-corrected chi connectivity index (χ1v) is 8.03. The lowest BCUT2D eigenvalue weighted by atomic mass is 9.96. The second kappa shape index (κ2) is 5.59. The van der Waals surface area contributed by atoms with Gasteiger partial charge in [0.1, 0.15) is 5.82 Å². The van der Waals surface area contributed by atoms with Gasteiger partial charge in [-0.3, -0.25) is 4.79 Å². The standard InChI is InChI=1S/C17H18N6O/c1-3-14(11-5-4-6-12-13(11)9-18-17(12)24)19-15-7-8-16-21-20-10(2)23(16)22-15/h4-8,14H,3,9H2,1-2H3,(H,18,24)(H,19,22). The van der Waals surface area contributed by atoms with Gasteiger partial charge in [-0.1, -0.05) is 19.1 Å². The molecule has 3 heterocycles. The van der Waals surface area contributed by atoms with Crippen molar-refractivity contribution < 1.29 is 4.79 Å². The number of hydrogen-bond donors (Lipinski definition) is 2. The fraction of sp³-hybridized carbons (Fsp3) is 0.294. The molecule has 0 radical (unpaired) electrons. The van der Waals surface area contributed by atoms with Crippen molar-refractivity contribution in [2.24, 2.45) is 0 Å². The van der Waals surface area contributed by atoms with E-state index >= 15 is 0 Å². The minimum absolute atomic E-state index is 0.00126. The molecule has 0 saturated heterocycles. The van der Waals surface area contributed by atoms with Gasteiger partial charge >= 0.3 is 0 Å². The van der Waals surface area contributed by atoms with E-state index in [4.69, 9.17) is 0 Å². The molecular weight excluding hydrogens is 304 g/mol. The Labute approximate surface area is 139 Å². The van der Waals surface area contributed by atoms with Crippen LogP contribution in [-0.2, 0) is 6.54 Å². The number of nitrogens with zero attached hydrogens (tertiary/aromatic N) is 4. The van der Waals surface area contributed by atoms with Gasteiger partial charge in [-0.2, -0.15) is 4.52 Å². The van der Waals surface area contributed by atoms with Crippen LogP contribution in [0.25, 0.3) is 5.65 Å². The van der Waals surface area contributed by atoms with E-state index in [9.17, 15) is 4.79 Å².